The number of nitrogens with zero attached hydrogens (tertiary/aromatic N) is 2. The molecule has 0 aromatic carbocycles. The van der Waals surface area contributed by atoms with Crippen LogP contribution >= 0.6 is 0 Å². The number of carbonyl (C=O) groups excluding carboxylic acids is 1. The first-order chi connectivity index (χ1) is 9.58. The highest BCUT2D eigenvalue weighted by Gasteiger charge is 2.28. The van der Waals surface area contributed by atoms with Gasteiger partial charge in [0.15, 0.2) is 0 Å². The standard InChI is InChI=1S/C14H25N3O3/c1-16(12-2-6-15-7-3-12)10-13(18)17-8-4-11(5-9-17)14(19)20/h11-12,15H,2-10H2,1H3,(H,19,20). The number of rotatable bonds is 4. The normalized spacial score (nSPS) is 22.2. The SMILES string of the molecule is CN(CC(=O)N1CCC(C(=O)O)CC1)C1CCNCC1. The molecule has 2 heterocycles. The molecule has 1 amide bonds. The highest BCUT2D eigenvalue weighted by Crippen LogP contribution is 2.18. The summed E-state index contributed by atoms with van der Waals surface area (Å²) in [6.07, 6.45) is 3.34. The molecular weight excluding hydrogens is 258 g/mol. The highest BCUT2D eigenvalue weighted by molar-refractivity contribution is 5.79. The van der Waals surface area contributed by atoms with Gasteiger partial charge in [0.1, 0.15) is 0 Å². The lowest BCUT2D eigenvalue weighted by molar-refractivity contribution is -0.146. The number of carboxylic acids is 1. The van der Waals surface area contributed by atoms with Crippen LogP contribution in [0.5, 0.6) is 0 Å². The van der Waals surface area contributed by atoms with Crippen molar-refractivity contribution in [1.29, 1.82) is 0 Å². The van der Waals surface area contributed by atoms with Crippen LogP contribution in [0.2, 0.25) is 0 Å². The largest absolute Gasteiger partial charge is 0.481 e. The monoisotopic (exact) mass is 283 g/mol. The van der Waals surface area contributed by atoms with Crippen LogP contribution in [0.1, 0.15) is 25.7 Å². The van der Waals surface area contributed by atoms with Gasteiger partial charge in [-0.25, -0.2) is 0 Å². The van der Waals surface area contributed by atoms with Crippen LogP contribution in [-0.4, -0.2) is 72.6 Å². The molecule has 0 radical (unpaired) electrons. The molecule has 0 aliphatic carbocycles. The molecule has 0 atom stereocenters. The third kappa shape index (κ3) is 3.93. The van der Waals surface area contributed by atoms with Gasteiger partial charge in [0, 0.05) is 19.1 Å². The molecule has 2 N–H and O–H groups in total. The summed E-state index contributed by atoms with van der Waals surface area (Å²) in [5.74, 6) is -0.875. The molecule has 114 valence electrons. The summed E-state index contributed by atoms with van der Waals surface area (Å²) in [6, 6.07) is 0.483. The van der Waals surface area contributed by atoms with Crippen molar-refractivity contribution in [3.05, 3.63) is 0 Å². The molecule has 0 bridgehead atoms. The molecule has 2 aliphatic rings. The van der Waals surface area contributed by atoms with E-state index in [2.05, 4.69) is 10.2 Å². The zero-order chi connectivity index (χ0) is 14.5. The maximum atomic E-state index is 12.2. The molecule has 0 aromatic heterocycles. The van der Waals surface area contributed by atoms with E-state index in [0.29, 0.717) is 38.5 Å². The summed E-state index contributed by atoms with van der Waals surface area (Å²) in [5.41, 5.74) is 0. The topological polar surface area (TPSA) is 72.9 Å². The molecule has 2 saturated heterocycles. The lowest BCUT2D eigenvalue weighted by Crippen LogP contribution is -2.48. The Morgan fingerprint density at radius 2 is 1.80 bits per heavy atom. The first-order valence-electron chi connectivity index (χ1n) is 7.49. The Morgan fingerprint density at radius 1 is 1.20 bits per heavy atom. The fourth-order valence-electron chi connectivity index (χ4n) is 3.07. The van der Waals surface area contributed by atoms with Crippen molar-refractivity contribution in [3.8, 4) is 0 Å². The van der Waals surface area contributed by atoms with E-state index in [1.807, 2.05) is 11.9 Å². The van der Waals surface area contributed by atoms with E-state index in [1.54, 1.807) is 0 Å². The van der Waals surface area contributed by atoms with Gasteiger partial charge >= 0.3 is 5.97 Å². The van der Waals surface area contributed by atoms with Gasteiger partial charge in [0.05, 0.1) is 12.5 Å². The van der Waals surface area contributed by atoms with Gasteiger partial charge in [-0.2, -0.15) is 0 Å². The predicted molar refractivity (Wildman–Crippen MR) is 75.5 cm³/mol. The van der Waals surface area contributed by atoms with E-state index >= 15 is 0 Å². The Balaban J connectivity index is 1.76. The number of nitrogens with one attached hydrogen (secondary N) is 1. The number of likely N-dealkylation sites (N-methyl/N-ethyl adjacent to an activating group) is 1. The Bertz CT molecular complexity index is 348. The lowest BCUT2D eigenvalue weighted by atomic mass is 9.97. The number of carboxylic acid groups (broad SMARTS) is 1. The van der Waals surface area contributed by atoms with Crippen molar-refractivity contribution in [3.63, 3.8) is 0 Å². The van der Waals surface area contributed by atoms with Crippen LogP contribution < -0.4 is 5.32 Å². The van der Waals surface area contributed by atoms with Crippen molar-refractivity contribution >= 4 is 11.9 Å². The van der Waals surface area contributed by atoms with Gasteiger partial charge < -0.3 is 15.3 Å². The molecule has 2 rings (SSSR count). The summed E-state index contributed by atoms with van der Waals surface area (Å²) >= 11 is 0. The summed E-state index contributed by atoms with van der Waals surface area (Å²) in [5, 5.41) is 12.3. The maximum absolute atomic E-state index is 12.2. The van der Waals surface area contributed by atoms with Crippen LogP contribution in [0.25, 0.3) is 0 Å². The van der Waals surface area contributed by atoms with Crippen molar-refractivity contribution < 1.29 is 14.7 Å². The molecule has 20 heavy (non-hydrogen) atoms. The van der Waals surface area contributed by atoms with Gasteiger partial charge in [0.2, 0.25) is 5.91 Å². The predicted octanol–water partition coefficient (Wildman–Crippen LogP) is -0.00660. The fourth-order valence-corrected chi connectivity index (χ4v) is 3.07. The average molecular weight is 283 g/mol. The summed E-state index contributed by atoms with van der Waals surface area (Å²) < 4.78 is 0. The van der Waals surface area contributed by atoms with E-state index in [4.69, 9.17) is 5.11 Å². The second kappa shape index (κ2) is 7.04. The van der Waals surface area contributed by atoms with E-state index in [-0.39, 0.29) is 11.8 Å². The summed E-state index contributed by atoms with van der Waals surface area (Å²) in [6.45, 7) is 3.65. The van der Waals surface area contributed by atoms with Gasteiger partial charge in [-0.15, -0.1) is 0 Å². The summed E-state index contributed by atoms with van der Waals surface area (Å²) in [4.78, 5) is 27.1. The molecule has 0 saturated carbocycles. The number of hydrogen-bond donors (Lipinski definition) is 2. The Labute approximate surface area is 120 Å². The van der Waals surface area contributed by atoms with Crippen LogP contribution in [0.3, 0.4) is 0 Å². The molecule has 0 unspecified atom stereocenters. The number of hydrogen-bond acceptors (Lipinski definition) is 4. The van der Waals surface area contributed by atoms with Crippen LogP contribution in [0.4, 0.5) is 0 Å². The zero-order valence-corrected chi connectivity index (χ0v) is 12.2. The van der Waals surface area contributed by atoms with Crippen molar-refractivity contribution in [2.45, 2.75) is 31.7 Å². The Kier molecular flexibility index (Phi) is 5.37. The quantitative estimate of drug-likeness (QED) is 0.759. The Hall–Kier alpha value is -1.14. The average Bonchev–Trinajstić information content (AvgIpc) is 2.48. The van der Waals surface area contributed by atoms with E-state index in [1.165, 1.54) is 0 Å². The van der Waals surface area contributed by atoms with Crippen LogP contribution in [0, 0.1) is 5.92 Å². The number of likely N-dealkylation sites (tertiary alicyclic amines) is 1. The van der Waals surface area contributed by atoms with E-state index < -0.39 is 5.97 Å². The maximum Gasteiger partial charge on any atom is 0.306 e. The zero-order valence-electron chi connectivity index (χ0n) is 12.2. The number of piperidine rings is 2. The highest BCUT2D eigenvalue weighted by atomic mass is 16.4. The first kappa shape index (κ1) is 15.3. The summed E-state index contributed by atoms with van der Waals surface area (Å²) in [7, 11) is 2.01. The number of amides is 1. The fraction of sp³-hybridized carbons (Fsp3) is 0.857. The molecule has 2 aliphatic heterocycles. The van der Waals surface area contributed by atoms with Gasteiger partial charge in [-0.3, -0.25) is 14.5 Å². The minimum atomic E-state index is -0.732. The minimum absolute atomic E-state index is 0.134. The van der Waals surface area contributed by atoms with Crippen LogP contribution in [-0.2, 0) is 9.59 Å². The van der Waals surface area contributed by atoms with Gasteiger partial charge in [-0.05, 0) is 45.8 Å². The lowest BCUT2D eigenvalue weighted by Gasteiger charge is -2.35. The minimum Gasteiger partial charge on any atom is -0.481 e. The molecular formula is C14H25N3O3. The van der Waals surface area contributed by atoms with Crippen molar-refractivity contribution in [2.24, 2.45) is 5.92 Å². The van der Waals surface area contributed by atoms with E-state index in [9.17, 15) is 9.59 Å². The molecule has 6 nitrogen and oxygen atoms in total. The second-order valence-electron chi connectivity index (χ2n) is 5.89. The van der Waals surface area contributed by atoms with Gasteiger partial charge in [0.25, 0.3) is 0 Å². The van der Waals surface area contributed by atoms with Crippen molar-refractivity contribution in [1.82, 2.24) is 15.1 Å². The number of carbonyl (C=O) groups is 2. The van der Waals surface area contributed by atoms with E-state index in [0.717, 1.165) is 25.9 Å². The number of aliphatic carboxylic acids is 1. The third-order valence-corrected chi connectivity index (χ3v) is 4.51. The molecule has 6 heteroatoms. The van der Waals surface area contributed by atoms with Crippen LogP contribution in [0.15, 0.2) is 0 Å². The Morgan fingerprint density at radius 3 is 2.35 bits per heavy atom. The third-order valence-electron chi connectivity index (χ3n) is 4.51. The van der Waals surface area contributed by atoms with Gasteiger partial charge in [-0.1, -0.05) is 0 Å². The molecule has 2 fully saturated rings. The molecule has 0 aromatic rings. The smallest absolute Gasteiger partial charge is 0.306 e. The second-order valence-corrected chi connectivity index (χ2v) is 5.89. The van der Waals surface area contributed by atoms with Crippen molar-refractivity contribution in [2.75, 3.05) is 39.8 Å². The first-order valence-corrected chi connectivity index (χ1v) is 7.49. The molecule has 0 spiro atoms.